The van der Waals surface area contributed by atoms with Crippen molar-refractivity contribution in [3.05, 3.63) is 47.6 Å². The second kappa shape index (κ2) is 9.16. The molecule has 0 atom stereocenters. The van der Waals surface area contributed by atoms with Gasteiger partial charge < -0.3 is 19.6 Å². The quantitative estimate of drug-likeness (QED) is 0.791. The molecule has 1 aromatic heterocycles. The van der Waals surface area contributed by atoms with Crippen molar-refractivity contribution in [2.24, 2.45) is 0 Å². The summed E-state index contributed by atoms with van der Waals surface area (Å²) in [6, 6.07) is 9.86. The molecule has 2 aromatic rings. The predicted octanol–water partition coefficient (Wildman–Crippen LogP) is 1.27. The fraction of sp³-hybridized carbons (Fsp3) is 0.474. The molecule has 3 rings (SSSR count). The van der Waals surface area contributed by atoms with Gasteiger partial charge in [-0.25, -0.2) is 4.79 Å². The lowest BCUT2D eigenvalue weighted by Gasteiger charge is -2.34. The Morgan fingerprint density at radius 1 is 1.22 bits per heavy atom. The summed E-state index contributed by atoms with van der Waals surface area (Å²) in [6.45, 7) is 4.23. The highest BCUT2D eigenvalue weighted by atomic mass is 16.5. The molecule has 1 fully saturated rings. The lowest BCUT2D eigenvalue weighted by molar-refractivity contribution is -0.134. The van der Waals surface area contributed by atoms with Gasteiger partial charge in [0, 0.05) is 39.0 Å². The number of aryl methyl sites for hydroxylation is 1. The average Bonchev–Trinajstić information content (AvgIpc) is 3.15. The van der Waals surface area contributed by atoms with E-state index < -0.39 is 0 Å². The molecule has 0 unspecified atom stereocenters. The summed E-state index contributed by atoms with van der Waals surface area (Å²) in [5.41, 5.74) is 1.21. The molecule has 2 heterocycles. The summed E-state index contributed by atoms with van der Waals surface area (Å²) in [7, 11) is 0. The minimum absolute atomic E-state index is 0.0157. The highest BCUT2D eigenvalue weighted by Gasteiger charge is 2.26. The number of rotatable bonds is 7. The normalized spacial score (nSPS) is 14.5. The molecule has 1 aliphatic rings. The molecule has 1 saturated heterocycles. The first-order valence-corrected chi connectivity index (χ1v) is 9.31. The van der Waals surface area contributed by atoms with Crippen LogP contribution in [-0.4, -0.2) is 64.6 Å². The predicted molar refractivity (Wildman–Crippen MR) is 99.1 cm³/mol. The van der Waals surface area contributed by atoms with Gasteiger partial charge in [0.2, 0.25) is 11.8 Å². The van der Waals surface area contributed by atoms with Gasteiger partial charge in [-0.15, -0.1) is 0 Å². The van der Waals surface area contributed by atoms with E-state index in [-0.39, 0.29) is 18.5 Å². The second-order valence-corrected chi connectivity index (χ2v) is 6.48. The molecule has 0 radical (unpaired) electrons. The van der Waals surface area contributed by atoms with Crippen molar-refractivity contribution in [3.63, 3.8) is 0 Å². The third-order valence-corrected chi connectivity index (χ3v) is 4.56. The molecule has 3 amide bonds. The number of hydrogen-bond acceptors (Lipinski definition) is 5. The number of urea groups is 1. The first-order chi connectivity index (χ1) is 13.2. The van der Waals surface area contributed by atoms with E-state index >= 15 is 0 Å². The third-order valence-electron chi connectivity index (χ3n) is 4.56. The van der Waals surface area contributed by atoms with Crippen LogP contribution in [0, 0.1) is 0 Å². The Hall–Kier alpha value is -2.90. The van der Waals surface area contributed by atoms with Crippen molar-refractivity contribution < 1.29 is 14.1 Å². The zero-order valence-corrected chi connectivity index (χ0v) is 15.6. The van der Waals surface area contributed by atoms with E-state index in [9.17, 15) is 9.59 Å². The molecule has 0 saturated carbocycles. The Kier molecular flexibility index (Phi) is 6.40. The highest BCUT2D eigenvalue weighted by Crippen LogP contribution is 2.07. The van der Waals surface area contributed by atoms with Gasteiger partial charge in [0.1, 0.15) is 6.54 Å². The molecule has 1 aromatic carbocycles. The Balaban J connectivity index is 1.39. The number of amides is 3. The minimum atomic E-state index is -0.231. The van der Waals surface area contributed by atoms with Crippen LogP contribution in [0.3, 0.4) is 0 Å². The number of aromatic nitrogens is 2. The minimum Gasteiger partial charge on any atom is -0.339 e. The molecule has 27 heavy (non-hydrogen) atoms. The average molecular weight is 371 g/mol. The second-order valence-electron chi connectivity index (χ2n) is 6.48. The number of piperazine rings is 1. The van der Waals surface area contributed by atoms with E-state index in [1.54, 1.807) is 4.90 Å². The fourth-order valence-electron chi connectivity index (χ4n) is 2.96. The van der Waals surface area contributed by atoms with E-state index in [2.05, 4.69) is 27.6 Å². The number of hydrogen-bond donors (Lipinski definition) is 1. The Labute approximate surface area is 158 Å². The standard InChI is InChI=1S/C19H25N5O3/c1-2-17-21-16(22-27-17)8-10-20-19(26)24-13-12-23(18(25)14-24)11-9-15-6-4-3-5-7-15/h3-7H,2,8-14H2,1H3,(H,20,26). The monoisotopic (exact) mass is 371 g/mol. The summed E-state index contributed by atoms with van der Waals surface area (Å²) in [4.78, 5) is 32.2. The van der Waals surface area contributed by atoms with Crippen molar-refractivity contribution in [1.82, 2.24) is 25.3 Å². The van der Waals surface area contributed by atoms with E-state index in [0.29, 0.717) is 50.7 Å². The van der Waals surface area contributed by atoms with Crippen LogP contribution < -0.4 is 5.32 Å². The molecule has 8 nitrogen and oxygen atoms in total. The zero-order valence-electron chi connectivity index (χ0n) is 15.6. The number of carbonyl (C=O) groups excluding carboxylic acids is 2. The number of benzene rings is 1. The topological polar surface area (TPSA) is 91.6 Å². The van der Waals surface area contributed by atoms with Crippen LogP contribution in [0.25, 0.3) is 0 Å². The summed E-state index contributed by atoms with van der Waals surface area (Å²) >= 11 is 0. The molecule has 144 valence electrons. The van der Waals surface area contributed by atoms with Crippen molar-refractivity contribution >= 4 is 11.9 Å². The van der Waals surface area contributed by atoms with E-state index in [0.717, 1.165) is 6.42 Å². The summed E-state index contributed by atoms with van der Waals surface area (Å²) in [5.74, 6) is 1.15. The lowest BCUT2D eigenvalue weighted by atomic mass is 10.1. The SMILES string of the molecule is CCc1nc(CCNC(=O)N2CCN(CCc3ccccc3)C(=O)C2)no1. The van der Waals surface area contributed by atoms with Gasteiger partial charge in [0.05, 0.1) is 0 Å². The molecular weight excluding hydrogens is 346 g/mol. The van der Waals surface area contributed by atoms with E-state index in [1.807, 2.05) is 30.0 Å². The highest BCUT2D eigenvalue weighted by molar-refractivity contribution is 5.85. The van der Waals surface area contributed by atoms with Gasteiger partial charge in [-0.3, -0.25) is 4.79 Å². The molecule has 0 aliphatic carbocycles. The summed E-state index contributed by atoms with van der Waals surface area (Å²) in [5, 5.41) is 6.67. The number of nitrogens with zero attached hydrogens (tertiary/aromatic N) is 4. The van der Waals surface area contributed by atoms with Gasteiger partial charge in [0.15, 0.2) is 5.82 Å². The molecule has 8 heteroatoms. The summed E-state index contributed by atoms with van der Waals surface area (Å²) < 4.78 is 5.03. The maximum absolute atomic E-state index is 12.3. The van der Waals surface area contributed by atoms with Gasteiger partial charge in [0.25, 0.3) is 0 Å². The van der Waals surface area contributed by atoms with Gasteiger partial charge in [-0.05, 0) is 12.0 Å². The molecule has 0 spiro atoms. The largest absolute Gasteiger partial charge is 0.339 e. The van der Waals surface area contributed by atoms with Crippen molar-refractivity contribution in [3.8, 4) is 0 Å². The van der Waals surface area contributed by atoms with Gasteiger partial charge in [-0.1, -0.05) is 42.4 Å². The van der Waals surface area contributed by atoms with Crippen LogP contribution in [0.15, 0.2) is 34.9 Å². The zero-order chi connectivity index (χ0) is 19.1. The van der Waals surface area contributed by atoms with Crippen LogP contribution in [0.5, 0.6) is 0 Å². The van der Waals surface area contributed by atoms with E-state index in [1.165, 1.54) is 5.56 Å². The number of carbonyl (C=O) groups is 2. The van der Waals surface area contributed by atoms with Crippen LogP contribution in [0.1, 0.15) is 24.2 Å². The molecule has 0 bridgehead atoms. The Bertz CT molecular complexity index is 762. The fourth-order valence-corrected chi connectivity index (χ4v) is 2.96. The van der Waals surface area contributed by atoms with Crippen molar-refractivity contribution in [1.29, 1.82) is 0 Å². The van der Waals surface area contributed by atoms with Crippen LogP contribution in [-0.2, 0) is 24.1 Å². The molecular formula is C19H25N5O3. The Morgan fingerprint density at radius 3 is 2.74 bits per heavy atom. The maximum Gasteiger partial charge on any atom is 0.317 e. The van der Waals surface area contributed by atoms with Crippen LogP contribution in [0.2, 0.25) is 0 Å². The third kappa shape index (κ3) is 5.29. The van der Waals surface area contributed by atoms with Crippen LogP contribution >= 0.6 is 0 Å². The molecule has 1 aliphatic heterocycles. The number of nitrogens with one attached hydrogen (secondary N) is 1. The molecule has 1 N–H and O–H groups in total. The van der Waals surface area contributed by atoms with Gasteiger partial charge >= 0.3 is 6.03 Å². The van der Waals surface area contributed by atoms with Gasteiger partial charge in [-0.2, -0.15) is 4.98 Å². The van der Waals surface area contributed by atoms with E-state index in [4.69, 9.17) is 4.52 Å². The van der Waals surface area contributed by atoms with Crippen molar-refractivity contribution in [2.45, 2.75) is 26.2 Å². The first kappa shape index (κ1) is 18.9. The summed E-state index contributed by atoms with van der Waals surface area (Å²) in [6.07, 6.45) is 2.01. The van der Waals surface area contributed by atoms with Crippen LogP contribution in [0.4, 0.5) is 4.79 Å². The first-order valence-electron chi connectivity index (χ1n) is 9.31. The smallest absolute Gasteiger partial charge is 0.317 e. The lowest BCUT2D eigenvalue weighted by Crippen LogP contribution is -2.55. The maximum atomic E-state index is 12.3. The van der Waals surface area contributed by atoms with Crippen molar-refractivity contribution in [2.75, 3.05) is 32.7 Å². The Morgan fingerprint density at radius 2 is 2.04 bits per heavy atom.